The van der Waals surface area contributed by atoms with Crippen molar-refractivity contribution < 1.29 is 4.79 Å². The summed E-state index contributed by atoms with van der Waals surface area (Å²) in [6.07, 6.45) is 3.04. The average molecular weight is 263 g/mol. The number of hydrogen-bond acceptors (Lipinski definition) is 3. The molecule has 0 fully saturated rings. The summed E-state index contributed by atoms with van der Waals surface area (Å²) in [4.78, 5) is 15.6. The highest BCUT2D eigenvalue weighted by atomic mass is 35.5. The van der Waals surface area contributed by atoms with E-state index in [1.807, 2.05) is 0 Å². The van der Waals surface area contributed by atoms with E-state index in [-0.39, 0.29) is 0 Å². The first kappa shape index (κ1) is 12.2. The van der Waals surface area contributed by atoms with Crippen molar-refractivity contribution in [2.75, 3.05) is 16.4 Å². The molecule has 5 nitrogen and oxygen atoms in total. The second-order valence-corrected chi connectivity index (χ2v) is 3.99. The van der Waals surface area contributed by atoms with Crippen LogP contribution in [0.1, 0.15) is 0 Å². The Morgan fingerprint density at radius 3 is 2.56 bits per heavy atom. The zero-order valence-electron chi connectivity index (χ0n) is 9.35. The molecule has 0 atom stereocenters. The predicted molar refractivity (Wildman–Crippen MR) is 72.7 cm³/mol. The average Bonchev–Trinajstić information content (AvgIpc) is 2.35. The largest absolute Gasteiger partial charge is 0.397 e. The summed E-state index contributed by atoms with van der Waals surface area (Å²) < 4.78 is 0. The minimum atomic E-state index is -0.392. The van der Waals surface area contributed by atoms with Crippen LogP contribution < -0.4 is 16.4 Å². The maximum Gasteiger partial charge on any atom is 0.323 e. The van der Waals surface area contributed by atoms with Crippen molar-refractivity contribution in [3.05, 3.63) is 47.7 Å². The molecule has 0 radical (unpaired) electrons. The summed E-state index contributed by atoms with van der Waals surface area (Å²) in [5.74, 6) is 0. The summed E-state index contributed by atoms with van der Waals surface area (Å²) in [6, 6.07) is 8.00. The molecule has 92 valence electrons. The third-order valence-corrected chi connectivity index (χ3v) is 2.46. The molecule has 0 unspecified atom stereocenters. The number of anilines is 3. The molecule has 0 aliphatic carbocycles. The highest BCUT2D eigenvalue weighted by molar-refractivity contribution is 6.30. The molecule has 2 rings (SSSR count). The topological polar surface area (TPSA) is 80.0 Å². The molecule has 18 heavy (non-hydrogen) atoms. The van der Waals surface area contributed by atoms with E-state index >= 15 is 0 Å². The molecule has 0 bridgehead atoms. The molecule has 0 spiro atoms. The number of nitrogens with zero attached hydrogens (tertiary/aromatic N) is 1. The summed E-state index contributed by atoms with van der Waals surface area (Å²) in [5, 5.41) is 5.86. The van der Waals surface area contributed by atoms with Gasteiger partial charge in [0.05, 0.1) is 17.6 Å². The SMILES string of the molecule is Nc1ccncc1NC(=O)Nc1ccc(Cl)cc1. The molecule has 4 N–H and O–H groups in total. The second-order valence-electron chi connectivity index (χ2n) is 3.55. The van der Waals surface area contributed by atoms with Gasteiger partial charge in [-0.1, -0.05) is 11.6 Å². The molecule has 0 aliphatic rings. The summed E-state index contributed by atoms with van der Waals surface area (Å²) in [6.45, 7) is 0. The number of halogens is 1. The van der Waals surface area contributed by atoms with E-state index in [0.717, 1.165) is 0 Å². The van der Waals surface area contributed by atoms with Gasteiger partial charge in [-0.15, -0.1) is 0 Å². The molecule has 2 amide bonds. The number of pyridine rings is 1. The number of rotatable bonds is 2. The number of amides is 2. The second kappa shape index (κ2) is 5.37. The monoisotopic (exact) mass is 262 g/mol. The van der Waals surface area contributed by atoms with Crippen LogP contribution in [-0.4, -0.2) is 11.0 Å². The quantitative estimate of drug-likeness (QED) is 0.778. The van der Waals surface area contributed by atoms with Crippen LogP contribution in [0.15, 0.2) is 42.7 Å². The van der Waals surface area contributed by atoms with E-state index in [9.17, 15) is 4.79 Å². The fourth-order valence-corrected chi connectivity index (χ4v) is 1.45. The fraction of sp³-hybridized carbons (Fsp3) is 0. The van der Waals surface area contributed by atoms with Crippen LogP contribution in [0.2, 0.25) is 5.02 Å². The Morgan fingerprint density at radius 2 is 1.89 bits per heavy atom. The third-order valence-electron chi connectivity index (χ3n) is 2.21. The molecule has 2 aromatic rings. The Kier molecular flexibility index (Phi) is 3.64. The van der Waals surface area contributed by atoms with Crippen molar-refractivity contribution in [3.63, 3.8) is 0 Å². The van der Waals surface area contributed by atoms with Gasteiger partial charge in [-0.2, -0.15) is 0 Å². The van der Waals surface area contributed by atoms with Gasteiger partial charge in [-0.25, -0.2) is 4.79 Å². The minimum Gasteiger partial charge on any atom is -0.397 e. The van der Waals surface area contributed by atoms with Gasteiger partial charge in [-0.05, 0) is 30.3 Å². The number of aromatic nitrogens is 1. The molecule has 6 heteroatoms. The lowest BCUT2D eigenvalue weighted by atomic mass is 10.3. The van der Waals surface area contributed by atoms with Crippen LogP contribution in [0.3, 0.4) is 0 Å². The number of hydrogen-bond donors (Lipinski definition) is 3. The normalized spacial score (nSPS) is 9.83. The lowest BCUT2D eigenvalue weighted by molar-refractivity contribution is 0.262. The molecule has 1 heterocycles. The Morgan fingerprint density at radius 1 is 1.17 bits per heavy atom. The third kappa shape index (κ3) is 3.11. The Bertz CT molecular complexity index is 556. The van der Waals surface area contributed by atoms with Crippen LogP contribution >= 0.6 is 11.6 Å². The first-order chi connectivity index (χ1) is 8.65. The van der Waals surface area contributed by atoms with Crippen molar-refractivity contribution in [1.29, 1.82) is 0 Å². The standard InChI is InChI=1S/C12H11ClN4O/c13-8-1-3-9(4-2-8)16-12(18)17-11-7-15-6-5-10(11)14/h1-7H,(H2,14,15)(H2,16,17,18). The Balaban J connectivity index is 2.01. The van der Waals surface area contributed by atoms with E-state index in [0.29, 0.717) is 22.1 Å². The van der Waals surface area contributed by atoms with E-state index < -0.39 is 6.03 Å². The van der Waals surface area contributed by atoms with Crippen molar-refractivity contribution in [2.24, 2.45) is 0 Å². The molecular weight excluding hydrogens is 252 g/mol. The van der Waals surface area contributed by atoms with Crippen molar-refractivity contribution in [2.45, 2.75) is 0 Å². The van der Waals surface area contributed by atoms with Crippen molar-refractivity contribution in [3.8, 4) is 0 Å². The number of nitrogen functional groups attached to an aromatic ring is 1. The van der Waals surface area contributed by atoms with Gasteiger partial charge in [-0.3, -0.25) is 4.98 Å². The maximum absolute atomic E-state index is 11.7. The Hall–Kier alpha value is -2.27. The lowest BCUT2D eigenvalue weighted by Crippen LogP contribution is -2.20. The van der Waals surface area contributed by atoms with Gasteiger partial charge in [0.15, 0.2) is 0 Å². The fourth-order valence-electron chi connectivity index (χ4n) is 1.33. The molecule has 0 aliphatic heterocycles. The molecular formula is C12H11ClN4O. The number of benzene rings is 1. The zero-order valence-corrected chi connectivity index (χ0v) is 10.1. The van der Waals surface area contributed by atoms with Gasteiger partial charge in [0.25, 0.3) is 0 Å². The number of carbonyl (C=O) groups excluding carboxylic acids is 1. The van der Waals surface area contributed by atoms with Gasteiger partial charge in [0, 0.05) is 16.9 Å². The predicted octanol–water partition coefficient (Wildman–Crippen LogP) is 2.96. The van der Waals surface area contributed by atoms with Crippen molar-refractivity contribution in [1.82, 2.24) is 4.98 Å². The highest BCUT2D eigenvalue weighted by Gasteiger charge is 2.05. The van der Waals surface area contributed by atoms with Gasteiger partial charge in [0.1, 0.15) is 0 Å². The minimum absolute atomic E-state index is 0.392. The summed E-state index contributed by atoms with van der Waals surface area (Å²) in [5.41, 5.74) is 7.24. The smallest absolute Gasteiger partial charge is 0.323 e. The maximum atomic E-state index is 11.7. The number of urea groups is 1. The van der Waals surface area contributed by atoms with Crippen LogP contribution in [0.4, 0.5) is 21.9 Å². The molecule has 0 saturated heterocycles. The molecule has 1 aromatic heterocycles. The zero-order chi connectivity index (χ0) is 13.0. The highest BCUT2D eigenvalue weighted by Crippen LogP contribution is 2.16. The number of nitrogens with one attached hydrogen (secondary N) is 2. The first-order valence-electron chi connectivity index (χ1n) is 5.18. The lowest BCUT2D eigenvalue weighted by Gasteiger charge is -2.08. The molecule has 1 aromatic carbocycles. The van der Waals surface area contributed by atoms with Crippen LogP contribution in [0.5, 0.6) is 0 Å². The van der Waals surface area contributed by atoms with E-state index in [4.69, 9.17) is 17.3 Å². The van der Waals surface area contributed by atoms with E-state index in [2.05, 4.69) is 15.6 Å². The van der Waals surface area contributed by atoms with Crippen LogP contribution in [0, 0.1) is 0 Å². The molecule has 0 saturated carbocycles. The van der Waals surface area contributed by atoms with E-state index in [1.165, 1.54) is 6.20 Å². The first-order valence-corrected chi connectivity index (χ1v) is 5.56. The van der Waals surface area contributed by atoms with Gasteiger partial charge in [0.2, 0.25) is 0 Å². The number of nitrogens with two attached hydrogens (primary N) is 1. The van der Waals surface area contributed by atoms with Crippen molar-refractivity contribution >= 4 is 34.7 Å². The number of carbonyl (C=O) groups is 1. The van der Waals surface area contributed by atoms with Crippen LogP contribution in [0.25, 0.3) is 0 Å². The van der Waals surface area contributed by atoms with Gasteiger partial charge < -0.3 is 16.4 Å². The summed E-state index contributed by atoms with van der Waals surface area (Å²) >= 11 is 5.75. The van der Waals surface area contributed by atoms with Crippen LogP contribution in [-0.2, 0) is 0 Å². The van der Waals surface area contributed by atoms with E-state index in [1.54, 1.807) is 36.5 Å². The summed E-state index contributed by atoms with van der Waals surface area (Å²) in [7, 11) is 0. The Labute approximate surface area is 109 Å². The van der Waals surface area contributed by atoms with Gasteiger partial charge >= 0.3 is 6.03 Å².